The first-order valence-corrected chi connectivity index (χ1v) is 7.13. The van der Waals surface area contributed by atoms with Gasteiger partial charge in [0.2, 0.25) is 5.91 Å². The molecule has 0 saturated carbocycles. The molecule has 1 amide bonds. The number of carbonyl (C=O) groups excluding carboxylic acids is 1. The third-order valence-corrected chi connectivity index (χ3v) is 4.22. The number of hydrogen-bond acceptors (Lipinski definition) is 3. The molecule has 1 aromatic rings. The van der Waals surface area contributed by atoms with E-state index in [4.69, 9.17) is 10.6 Å². The summed E-state index contributed by atoms with van der Waals surface area (Å²) in [6.07, 6.45) is 0.721. The minimum absolute atomic E-state index is 0.0869. The molecule has 2 rings (SSSR count). The normalized spacial score (nSPS) is 23.4. The Bertz CT molecular complexity index is 667. The molecule has 1 aromatic carbocycles. The fourth-order valence-corrected chi connectivity index (χ4v) is 3.23. The summed E-state index contributed by atoms with van der Waals surface area (Å²) in [5, 5.41) is 13.0. The first kappa shape index (κ1) is 15.9. The average Bonchev–Trinajstić information content (AvgIpc) is 2.48. The molecule has 0 aromatic heterocycles. The van der Waals surface area contributed by atoms with Crippen molar-refractivity contribution in [3.8, 4) is 0 Å². The van der Waals surface area contributed by atoms with Crippen molar-refractivity contribution in [2.75, 3.05) is 4.90 Å². The van der Waals surface area contributed by atoms with Crippen LogP contribution in [0.25, 0.3) is 10.4 Å². The molecule has 1 aliphatic heterocycles. The zero-order chi connectivity index (χ0) is 16.4. The molecule has 1 heterocycles. The molecule has 0 saturated heterocycles. The van der Waals surface area contributed by atoms with Gasteiger partial charge >= 0.3 is 5.97 Å². The molecule has 1 aliphatic rings. The Labute approximate surface area is 128 Å². The predicted molar refractivity (Wildman–Crippen MR) is 81.7 cm³/mol. The van der Waals surface area contributed by atoms with Crippen LogP contribution in [-0.2, 0) is 4.79 Å². The van der Waals surface area contributed by atoms with E-state index < -0.39 is 12.0 Å². The summed E-state index contributed by atoms with van der Waals surface area (Å²) in [5.41, 5.74) is 10.2. The largest absolute Gasteiger partial charge is 0.478 e. The van der Waals surface area contributed by atoms with Crippen LogP contribution in [0.1, 0.15) is 49.2 Å². The van der Waals surface area contributed by atoms with Crippen LogP contribution in [0.5, 0.6) is 0 Å². The number of benzene rings is 1. The highest BCUT2D eigenvalue weighted by atomic mass is 16.4. The summed E-state index contributed by atoms with van der Waals surface area (Å²) in [6.45, 7) is 5.37. The molecule has 7 heteroatoms. The van der Waals surface area contributed by atoms with Crippen LogP contribution in [0.3, 0.4) is 0 Å². The van der Waals surface area contributed by atoms with E-state index in [1.807, 2.05) is 13.8 Å². The summed E-state index contributed by atoms with van der Waals surface area (Å²) >= 11 is 0. The number of azide groups is 1. The number of anilines is 1. The number of nitrogens with zero attached hydrogens (tertiary/aromatic N) is 4. The highest BCUT2D eigenvalue weighted by Crippen LogP contribution is 2.44. The smallest absolute Gasteiger partial charge is 0.335 e. The Morgan fingerprint density at radius 3 is 2.64 bits per heavy atom. The van der Waals surface area contributed by atoms with Crippen LogP contribution in [0, 0.1) is 5.92 Å². The van der Waals surface area contributed by atoms with Crippen LogP contribution >= 0.6 is 0 Å². The van der Waals surface area contributed by atoms with E-state index in [1.165, 1.54) is 19.1 Å². The van der Waals surface area contributed by atoms with E-state index in [9.17, 15) is 9.59 Å². The van der Waals surface area contributed by atoms with Crippen LogP contribution in [0.15, 0.2) is 23.3 Å². The van der Waals surface area contributed by atoms with E-state index in [2.05, 4.69) is 10.0 Å². The summed E-state index contributed by atoms with van der Waals surface area (Å²) in [6, 6.07) is 4.01. The highest BCUT2D eigenvalue weighted by molar-refractivity contribution is 5.95. The van der Waals surface area contributed by atoms with Gasteiger partial charge in [0.05, 0.1) is 11.6 Å². The first-order valence-electron chi connectivity index (χ1n) is 7.13. The number of aromatic carboxylic acids is 1. The Hall–Kier alpha value is -2.53. The third kappa shape index (κ3) is 2.51. The lowest BCUT2D eigenvalue weighted by atomic mass is 9.81. The zero-order valence-electron chi connectivity index (χ0n) is 12.7. The second-order valence-electron chi connectivity index (χ2n) is 5.45. The molecule has 116 valence electrons. The molecule has 0 radical (unpaired) electrons. The van der Waals surface area contributed by atoms with Crippen LogP contribution < -0.4 is 4.90 Å². The monoisotopic (exact) mass is 302 g/mol. The average molecular weight is 302 g/mol. The molecular weight excluding hydrogens is 284 g/mol. The van der Waals surface area contributed by atoms with Crippen molar-refractivity contribution < 1.29 is 14.7 Å². The minimum atomic E-state index is -1.05. The van der Waals surface area contributed by atoms with E-state index in [0.29, 0.717) is 11.3 Å². The van der Waals surface area contributed by atoms with Gasteiger partial charge in [-0.15, -0.1) is 0 Å². The SMILES string of the molecule is CCC1C(C)[C@H](N=[N+]=[N-])c2cc(C(=O)O)ccc2N1C(C)=O. The molecule has 7 nitrogen and oxygen atoms in total. The molecule has 0 spiro atoms. The van der Waals surface area contributed by atoms with Crippen LogP contribution in [0.2, 0.25) is 0 Å². The lowest BCUT2D eigenvalue weighted by Crippen LogP contribution is -2.48. The second kappa shape index (κ2) is 6.07. The molecule has 3 atom stereocenters. The van der Waals surface area contributed by atoms with Gasteiger partial charge in [-0.3, -0.25) is 4.79 Å². The molecule has 0 fully saturated rings. The fraction of sp³-hybridized carbons (Fsp3) is 0.467. The van der Waals surface area contributed by atoms with Gasteiger partial charge in [0.15, 0.2) is 0 Å². The summed E-state index contributed by atoms with van der Waals surface area (Å²) in [4.78, 5) is 27.8. The minimum Gasteiger partial charge on any atom is -0.478 e. The van der Waals surface area contributed by atoms with E-state index in [1.54, 1.807) is 11.0 Å². The number of carboxylic acids is 1. The molecule has 0 bridgehead atoms. The van der Waals surface area contributed by atoms with E-state index in [0.717, 1.165) is 6.42 Å². The van der Waals surface area contributed by atoms with Gasteiger partial charge in [-0.05, 0) is 41.6 Å². The standard InChI is InChI=1S/C15H18N4O3/c1-4-12-8(2)14(17-18-16)11-7-10(15(21)22)5-6-13(11)19(12)9(3)20/h5-8,12,14H,4H2,1-3H3,(H,21,22)/t8?,12?,14-/m0/s1. The van der Waals surface area contributed by atoms with Crippen molar-refractivity contribution in [1.82, 2.24) is 0 Å². The Kier molecular flexibility index (Phi) is 4.37. The summed E-state index contributed by atoms with van der Waals surface area (Å²) < 4.78 is 0. The lowest BCUT2D eigenvalue weighted by molar-refractivity contribution is -0.117. The van der Waals surface area contributed by atoms with Gasteiger partial charge in [-0.1, -0.05) is 19.0 Å². The molecule has 2 unspecified atom stereocenters. The molecular formula is C15H18N4O3. The van der Waals surface area contributed by atoms with Gasteiger partial charge < -0.3 is 10.0 Å². The lowest BCUT2D eigenvalue weighted by Gasteiger charge is -2.43. The van der Waals surface area contributed by atoms with Crippen molar-refractivity contribution >= 4 is 17.6 Å². The number of carbonyl (C=O) groups is 2. The van der Waals surface area contributed by atoms with Crippen molar-refractivity contribution in [2.45, 2.75) is 39.3 Å². The van der Waals surface area contributed by atoms with E-state index in [-0.39, 0.29) is 23.4 Å². The molecule has 22 heavy (non-hydrogen) atoms. The number of carboxylic acid groups (broad SMARTS) is 1. The number of amides is 1. The summed E-state index contributed by atoms with van der Waals surface area (Å²) in [7, 11) is 0. The number of rotatable bonds is 3. The first-order chi connectivity index (χ1) is 10.4. The zero-order valence-corrected chi connectivity index (χ0v) is 12.7. The van der Waals surface area contributed by atoms with Crippen molar-refractivity contribution in [3.05, 3.63) is 39.8 Å². The fourth-order valence-electron chi connectivity index (χ4n) is 3.23. The quantitative estimate of drug-likeness (QED) is 0.524. The van der Waals surface area contributed by atoms with Gasteiger partial charge in [-0.25, -0.2) is 4.79 Å². The predicted octanol–water partition coefficient (Wildman–Crippen LogP) is 3.52. The number of hydrogen-bond donors (Lipinski definition) is 1. The van der Waals surface area contributed by atoms with Crippen LogP contribution in [-0.4, -0.2) is 23.0 Å². The molecule has 1 N–H and O–H groups in total. The van der Waals surface area contributed by atoms with Crippen molar-refractivity contribution in [1.29, 1.82) is 0 Å². The molecule has 0 aliphatic carbocycles. The van der Waals surface area contributed by atoms with Gasteiger partial charge in [0.25, 0.3) is 0 Å². The topological polar surface area (TPSA) is 106 Å². The van der Waals surface area contributed by atoms with Gasteiger partial charge in [0, 0.05) is 23.6 Å². The third-order valence-electron chi connectivity index (χ3n) is 4.22. The highest BCUT2D eigenvalue weighted by Gasteiger charge is 2.39. The maximum atomic E-state index is 12.1. The van der Waals surface area contributed by atoms with Gasteiger partial charge in [-0.2, -0.15) is 0 Å². The van der Waals surface area contributed by atoms with Crippen molar-refractivity contribution in [3.63, 3.8) is 0 Å². The van der Waals surface area contributed by atoms with Gasteiger partial charge in [0.1, 0.15) is 0 Å². The second-order valence-corrected chi connectivity index (χ2v) is 5.45. The maximum absolute atomic E-state index is 12.1. The number of fused-ring (bicyclic) bond motifs is 1. The summed E-state index contributed by atoms with van der Waals surface area (Å²) in [5.74, 6) is -1.26. The van der Waals surface area contributed by atoms with Crippen LogP contribution in [0.4, 0.5) is 5.69 Å². The Balaban J connectivity index is 2.70. The Morgan fingerprint density at radius 1 is 1.45 bits per heavy atom. The van der Waals surface area contributed by atoms with E-state index >= 15 is 0 Å². The Morgan fingerprint density at radius 2 is 2.14 bits per heavy atom. The maximum Gasteiger partial charge on any atom is 0.335 e. The van der Waals surface area contributed by atoms with Crippen molar-refractivity contribution in [2.24, 2.45) is 11.0 Å².